The minimum atomic E-state index is 0.199. The van der Waals surface area contributed by atoms with Crippen LogP contribution in [0.25, 0.3) is 0 Å². The number of aryl methyl sites for hydroxylation is 1. The number of aliphatic hydroxyl groups excluding tert-OH is 1. The molecule has 0 bridgehead atoms. The summed E-state index contributed by atoms with van der Waals surface area (Å²) in [6.07, 6.45) is 0. The van der Waals surface area contributed by atoms with E-state index in [1.807, 2.05) is 24.1 Å². The van der Waals surface area contributed by atoms with Gasteiger partial charge in [0.2, 0.25) is 0 Å². The smallest absolute Gasteiger partial charge is 0.0606 e. The SMILES string of the molecule is Cc1cccc(N(C)CCO)c1. The molecule has 0 spiro atoms. The normalized spacial score (nSPS) is 9.92. The molecule has 0 aliphatic rings. The van der Waals surface area contributed by atoms with Crippen LogP contribution in [0.15, 0.2) is 24.3 Å². The summed E-state index contributed by atoms with van der Waals surface area (Å²) in [4.78, 5) is 2.03. The Hall–Kier alpha value is -1.02. The summed E-state index contributed by atoms with van der Waals surface area (Å²) in [5.74, 6) is 0. The molecular formula is C10H15NO. The van der Waals surface area contributed by atoms with E-state index in [0.717, 1.165) is 5.69 Å². The van der Waals surface area contributed by atoms with Gasteiger partial charge in [-0.3, -0.25) is 0 Å². The first-order chi connectivity index (χ1) is 5.74. The van der Waals surface area contributed by atoms with Gasteiger partial charge in [-0.05, 0) is 24.6 Å². The Labute approximate surface area is 73.4 Å². The zero-order valence-corrected chi connectivity index (χ0v) is 7.62. The van der Waals surface area contributed by atoms with Gasteiger partial charge in [0.1, 0.15) is 0 Å². The number of anilines is 1. The van der Waals surface area contributed by atoms with Crippen molar-refractivity contribution in [2.45, 2.75) is 6.92 Å². The van der Waals surface area contributed by atoms with E-state index in [2.05, 4.69) is 19.1 Å². The summed E-state index contributed by atoms with van der Waals surface area (Å²) in [6.45, 7) is 2.95. The highest BCUT2D eigenvalue weighted by Gasteiger charge is 1.98. The molecule has 0 unspecified atom stereocenters. The molecule has 0 atom stereocenters. The van der Waals surface area contributed by atoms with Crippen LogP contribution in [-0.4, -0.2) is 25.3 Å². The van der Waals surface area contributed by atoms with Crippen molar-refractivity contribution in [2.75, 3.05) is 25.1 Å². The minimum Gasteiger partial charge on any atom is -0.395 e. The van der Waals surface area contributed by atoms with Gasteiger partial charge in [0.25, 0.3) is 0 Å². The lowest BCUT2D eigenvalue weighted by molar-refractivity contribution is 0.304. The third kappa shape index (κ3) is 2.24. The molecule has 0 amide bonds. The standard InChI is InChI=1S/C10H15NO/c1-9-4-3-5-10(8-9)11(2)6-7-12/h3-5,8,12H,6-7H2,1-2H3. The summed E-state index contributed by atoms with van der Waals surface area (Å²) in [5, 5.41) is 8.73. The highest BCUT2D eigenvalue weighted by Crippen LogP contribution is 2.13. The van der Waals surface area contributed by atoms with Gasteiger partial charge in [0.05, 0.1) is 6.61 Å². The molecule has 0 saturated carbocycles. The first-order valence-corrected chi connectivity index (χ1v) is 4.12. The fraction of sp³-hybridized carbons (Fsp3) is 0.400. The van der Waals surface area contributed by atoms with Crippen molar-refractivity contribution in [3.63, 3.8) is 0 Å². The number of aliphatic hydroxyl groups is 1. The lowest BCUT2D eigenvalue weighted by atomic mass is 10.2. The average Bonchev–Trinajstić information content (AvgIpc) is 2.05. The van der Waals surface area contributed by atoms with Crippen molar-refractivity contribution >= 4 is 5.69 Å². The maximum Gasteiger partial charge on any atom is 0.0606 e. The molecule has 0 aliphatic heterocycles. The Morgan fingerprint density at radius 3 is 2.75 bits per heavy atom. The summed E-state index contributed by atoms with van der Waals surface area (Å²) in [7, 11) is 1.98. The van der Waals surface area contributed by atoms with Crippen LogP contribution >= 0.6 is 0 Å². The van der Waals surface area contributed by atoms with Crippen molar-refractivity contribution < 1.29 is 5.11 Å². The molecule has 1 rings (SSSR count). The Bertz CT molecular complexity index is 247. The van der Waals surface area contributed by atoms with Gasteiger partial charge < -0.3 is 10.0 Å². The molecule has 0 aromatic heterocycles. The van der Waals surface area contributed by atoms with Crippen molar-refractivity contribution in [2.24, 2.45) is 0 Å². The van der Waals surface area contributed by atoms with E-state index >= 15 is 0 Å². The van der Waals surface area contributed by atoms with Crippen LogP contribution in [0.2, 0.25) is 0 Å². The predicted octanol–water partition coefficient (Wildman–Crippen LogP) is 1.42. The maximum atomic E-state index is 8.73. The quantitative estimate of drug-likeness (QED) is 0.732. The van der Waals surface area contributed by atoms with E-state index in [-0.39, 0.29) is 6.61 Å². The molecule has 2 nitrogen and oxygen atoms in total. The Kier molecular flexibility index (Phi) is 3.11. The predicted molar refractivity (Wildman–Crippen MR) is 51.5 cm³/mol. The zero-order valence-electron chi connectivity index (χ0n) is 7.62. The van der Waals surface area contributed by atoms with Gasteiger partial charge in [0, 0.05) is 19.3 Å². The van der Waals surface area contributed by atoms with Gasteiger partial charge >= 0.3 is 0 Å². The largest absolute Gasteiger partial charge is 0.395 e. The number of hydrogen-bond donors (Lipinski definition) is 1. The molecule has 2 heteroatoms. The first kappa shape index (κ1) is 9.07. The summed E-state index contributed by atoms with van der Waals surface area (Å²) in [5.41, 5.74) is 2.40. The topological polar surface area (TPSA) is 23.5 Å². The average molecular weight is 165 g/mol. The van der Waals surface area contributed by atoms with E-state index in [9.17, 15) is 0 Å². The molecule has 1 N–H and O–H groups in total. The molecule has 0 heterocycles. The van der Waals surface area contributed by atoms with Crippen LogP contribution in [0, 0.1) is 6.92 Å². The van der Waals surface area contributed by atoms with E-state index in [1.54, 1.807) is 0 Å². The molecule has 0 aliphatic carbocycles. The van der Waals surface area contributed by atoms with Crippen molar-refractivity contribution in [1.82, 2.24) is 0 Å². The Morgan fingerprint density at radius 1 is 1.42 bits per heavy atom. The van der Waals surface area contributed by atoms with Gasteiger partial charge in [-0.15, -0.1) is 0 Å². The van der Waals surface area contributed by atoms with E-state index < -0.39 is 0 Å². The number of benzene rings is 1. The zero-order chi connectivity index (χ0) is 8.97. The highest BCUT2D eigenvalue weighted by molar-refractivity contribution is 5.47. The summed E-state index contributed by atoms with van der Waals surface area (Å²) < 4.78 is 0. The van der Waals surface area contributed by atoms with Gasteiger partial charge in [-0.25, -0.2) is 0 Å². The van der Waals surface area contributed by atoms with E-state index in [1.165, 1.54) is 5.56 Å². The maximum absolute atomic E-state index is 8.73. The van der Waals surface area contributed by atoms with Gasteiger partial charge in [-0.1, -0.05) is 12.1 Å². The molecule has 0 radical (unpaired) electrons. The lowest BCUT2D eigenvalue weighted by Gasteiger charge is -2.17. The first-order valence-electron chi connectivity index (χ1n) is 4.12. The van der Waals surface area contributed by atoms with E-state index in [0.29, 0.717) is 6.54 Å². The second-order valence-electron chi connectivity index (χ2n) is 2.98. The third-order valence-corrected chi connectivity index (χ3v) is 1.88. The highest BCUT2D eigenvalue weighted by atomic mass is 16.3. The van der Waals surface area contributed by atoms with Gasteiger partial charge in [-0.2, -0.15) is 0 Å². The van der Waals surface area contributed by atoms with Crippen LogP contribution < -0.4 is 4.90 Å². The number of hydrogen-bond acceptors (Lipinski definition) is 2. The fourth-order valence-corrected chi connectivity index (χ4v) is 1.14. The molecule has 12 heavy (non-hydrogen) atoms. The molecule has 1 aromatic carbocycles. The number of nitrogens with zero attached hydrogens (tertiary/aromatic N) is 1. The fourth-order valence-electron chi connectivity index (χ4n) is 1.14. The monoisotopic (exact) mass is 165 g/mol. The number of likely N-dealkylation sites (N-methyl/N-ethyl adjacent to an activating group) is 1. The van der Waals surface area contributed by atoms with Crippen LogP contribution in [0.4, 0.5) is 5.69 Å². The van der Waals surface area contributed by atoms with Crippen LogP contribution in [0.3, 0.4) is 0 Å². The molecule has 66 valence electrons. The van der Waals surface area contributed by atoms with Crippen molar-refractivity contribution in [1.29, 1.82) is 0 Å². The number of rotatable bonds is 3. The minimum absolute atomic E-state index is 0.199. The Morgan fingerprint density at radius 2 is 2.17 bits per heavy atom. The summed E-state index contributed by atoms with van der Waals surface area (Å²) >= 11 is 0. The molecular weight excluding hydrogens is 150 g/mol. The lowest BCUT2D eigenvalue weighted by Crippen LogP contribution is -2.20. The van der Waals surface area contributed by atoms with E-state index in [4.69, 9.17) is 5.11 Å². The molecule has 0 saturated heterocycles. The Balaban J connectivity index is 2.73. The molecule has 1 aromatic rings. The van der Waals surface area contributed by atoms with Crippen LogP contribution in [0.5, 0.6) is 0 Å². The summed E-state index contributed by atoms with van der Waals surface area (Å²) in [6, 6.07) is 8.24. The van der Waals surface area contributed by atoms with Crippen LogP contribution in [-0.2, 0) is 0 Å². The van der Waals surface area contributed by atoms with Gasteiger partial charge in [0.15, 0.2) is 0 Å². The van der Waals surface area contributed by atoms with Crippen molar-refractivity contribution in [3.8, 4) is 0 Å². The van der Waals surface area contributed by atoms with Crippen LogP contribution in [0.1, 0.15) is 5.56 Å². The second-order valence-corrected chi connectivity index (χ2v) is 2.98. The van der Waals surface area contributed by atoms with Crippen molar-refractivity contribution in [3.05, 3.63) is 29.8 Å². The third-order valence-electron chi connectivity index (χ3n) is 1.88. The molecule has 0 fully saturated rings. The second kappa shape index (κ2) is 4.12.